The maximum Gasteiger partial charge on any atom is 0.228 e. The van der Waals surface area contributed by atoms with Crippen LogP contribution < -0.4 is 5.32 Å². The average Bonchev–Trinajstić information content (AvgIpc) is 2.88. The Hall–Kier alpha value is -0.940. The molecule has 0 spiro atoms. The van der Waals surface area contributed by atoms with Gasteiger partial charge >= 0.3 is 0 Å². The number of hydrogen-bond donors (Lipinski definition) is 1. The predicted molar refractivity (Wildman–Crippen MR) is 82.1 cm³/mol. The SMILES string of the molecule is CCOC1(c2noc(CCNC(C)(C)C)n2)CCCCC1. The number of nitrogens with zero attached hydrogens (tertiary/aromatic N) is 2. The molecule has 1 aliphatic rings. The molecular formula is C16H29N3O2. The second kappa shape index (κ2) is 6.88. The van der Waals surface area contributed by atoms with Crippen LogP contribution in [0.1, 0.15) is 71.5 Å². The van der Waals surface area contributed by atoms with Crippen LogP contribution in [-0.2, 0) is 16.8 Å². The lowest BCUT2D eigenvalue weighted by Crippen LogP contribution is -2.37. The van der Waals surface area contributed by atoms with E-state index in [1.165, 1.54) is 19.3 Å². The van der Waals surface area contributed by atoms with E-state index in [9.17, 15) is 0 Å². The van der Waals surface area contributed by atoms with Gasteiger partial charge in [0, 0.05) is 25.1 Å². The van der Waals surface area contributed by atoms with Crippen molar-refractivity contribution in [1.82, 2.24) is 15.5 Å². The Morgan fingerprint density at radius 2 is 1.95 bits per heavy atom. The molecule has 2 rings (SSSR count). The molecule has 0 unspecified atom stereocenters. The van der Waals surface area contributed by atoms with E-state index in [-0.39, 0.29) is 11.1 Å². The smallest absolute Gasteiger partial charge is 0.228 e. The maximum absolute atomic E-state index is 6.03. The van der Waals surface area contributed by atoms with Gasteiger partial charge in [0.1, 0.15) is 5.60 Å². The molecule has 5 heteroatoms. The highest BCUT2D eigenvalue weighted by molar-refractivity contribution is 5.03. The average molecular weight is 295 g/mol. The lowest BCUT2D eigenvalue weighted by atomic mass is 9.84. The molecule has 0 saturated heterocycles. The first kappa shape index (κ1) is 16.4. The van der Waals surface area contributed by atoms with Gasteiger partial charge in [-0.3, -0.25) is 0 Å². The normalized spacial score (nSPS) is 18.9. The summed E-state index contributed by atoms with van der Waals surface area (Å²) in [6.45, 7) is 10.0. The van der Waals surface area contributed by atoms with Gasteiger partial charge in [-0.15, -0.1) is 0 Å². The minimum atomic E-state index is -0.313. The van der Waals surface area contributed by atoms with Crippen molar-refractivity contribution < 1.29 is 9.26 Å². The van der Waals surface area contributed by atoms with Crippen molar-refractivity contribution in [1.29, 1.82) is 0 Å². The number of nitrogens with one attached hydrogen (secondary N) is 1. The van der Waals surface area contributed by atoms with E-state index in [1.54, 1.807) is 0 Å². The van der Waals surface area contributed by atoms with Crippen molar-refractivity contribution in [3.63, 3.8) is 0 Å². The third-order valence-corrected chi connectivity index (χ3v) is 3.95. The van der Waals surface area contributed by atoms with Crippen LogP contribution in [0.3, 0.4) is 0 Å². The van der Waals surface area contributed by atoms with Crippen LogP contribution in [-0.4, -0.2) is 28.8 Å². The van der Waals surface area contributed by atoms with Crippen molar-refractivity contribution >= 4 is 0 Å². The largest absolute Gasteiger partial charge is 0.367 e. The molecule has 0 bridgehead atoms. The second-order valence-electron chi connectivity index (χ2n) is 6.93. The highest BCUT2D eigenvalue weighted by Gasteiger charge is 2.39. The van der Waals surface area contributed by atoms with E-state index in [0.29, 0.717) is 12.5 Å². The maximum atomic E-state index is 6.03. The highest BCUT2D eigenvalue weighted by atomic mass is 16.5. The van der Waals surface area contributed by atoms with E-state index >= 15 is 0 Å². The fourth-order valence-corrected chi connectivity index (χ4v) is 2.92. The molecule has 1 aromatic heterocycles. The molecule has 1 aliphatic carbocycles. The molecule has 1 fully saturated rings. The molecule has 0 aromatic carbocycles. The summed E-state index contributed by atoms with van der Waals surface area (Å²) in [6, 6.07) is 0. The number of hydrogen-bond acceptors (Lipinski definition) is 5. The monoisotopic (exact) mass is 295 g/mol. The molecular weight excluding hydrogens is 266 g/mol. The van der Waals surface area contributed by atoms with Gasteiger partial charge < -0.3 is 14.6 Å². The van der Waals surface area contributed by atoms with Crippen LogP contribution in [0.2, 0.25) is 0 Å². The fraction of sp³-hybridized carbons (Fsp3) is 0.875. The van der Waals surface area contributed by atoms with Crippen molar-refractivity contribution in [2.75, 3.05) is 13.2 Å². The van der Waals surface area contributed by atoms with Crippen LogP contribution in [0, 0.1) is 0 Å². The zero-order chi connectivity index (χ0) is 15.3. The summed E-state index contributed by atoms with van der Waals surface area (Å²) < 4.78 is 11.5. The number of rotatable bonds is 6. The van der Waals surface area contributed by atoms with E-state index in [4.69, 9.17) is 9.26 Å². The van der Waals surface area contributed by atoms with Crippen LogP contribution in [0.15, 0.2) is 4.52 Å². The summed E-state index contributed by atoms with van der Waals surface area (Å²) in [6.07, 6.45) is 6.38. The molecule has 1 aromatic rings. The van der Waals surface area contributed by atoms with Gasteiger partial charge in [-0.25, -0.2) is 0 Å². The zero-order valence-corrected chi connectivity index (χ0v) is 13.9. The van der Waals surface area contributed by atoms with E-state index in [2.05, 4.69) is 36.2 Å². The van der Waals surface area contributed by atoms with Crippen molar-refractivity contribution in [2.24, 2.45) is 0 Å². The summed E-state index contributed by atoms with van der Waals surface area (Å²) in [7, 11) is 0. The lowest BCUT2D eigenvalue weighted by Gasteiger charge is -2.33. The molecule has 1 saturated carbocycles. The van der Waals surface area contributed by atoms with Gasteiger partial charge in [0.2, 0.25) is 11.7 Å². The van der Waals surface area contributed by atoms with Gasteiger partial charge in [0.05, 0.1) is 0 Å². The van der Waals surface area contributed by atoms with Crippen LogP contribution in [0.5, 0.6) is 0 Å². The molecule has 0 radical (unpaired) electrons. The Morgan fingerprint density at radius 3 is 2.57 bits per heavy atom. The summed E-state index contributed by atoms with van der Waals surface area (Å²) in [5.74, 6) is 1.45. The molecule has 21 heavy (non-hydrogen) atoms. The van der Waals surface area contributed by atoms with Gasteiger partial charge in [-0.1, -0.05) is 24.4 Å². The molecule has 1 heterocycles. The number of ether oxygens (including phenoxy) is 1. The Labute approximate surface area is 127 Å². The van der Waals surface area contributed by atoms with E-state index < -0.39 is 0 Å². The molecule has 5 nitrogen and oxygen atoms in total. The highest BCUT2D eigenvalue weighted by Crippen LogP contribution is 2.39. The first-order valence-corrected chi connectivity index (χ1v) is 8.17. The minimum absolute atomic E-state index is 0.110. The quantitative estimate of drug-likeness (QED) is 0.873. The van der Waals surface area contributed by atoms with E-state index in [0.717, 1.165) is 31.6 Å². The van der Waals surface area contributed by atoms with Crippen molar-refractivity contribution in [3.05, 3.63) is 11.7 Å². The summed E-state index contributed by atoms with van der Waals surface area (Å²) in [5, 5.41) is 7.64. The van der Waals surface area contributed by atoms with Gasteiger partial charge in [0.15, 0.2) is 0 Å². The molecule has 1 N–H and O–H groups in total. The Balaban J connectivity index is 1.99. The van der Waals surface area contributed by atoms with Crippen LogP contribution >= 0.6 is 0 Å². The Morgan fingerprint density at radius 1 is 1.24 bits per heavy atom. The summed E-state index contributed by atoms with van der Waals surface area (Å²) >= 11 is 0. The zero-order valence-electron chi connectivity index (χ0n) is 13.9. The fourth-order valence-electron chi connectivity index (χ4n) is 2.92. The van der Waals surface area contributed by atoms with Crippen LogP contribution in [0.25, 0.3) is 0 Å². The summed E-state index contributed by atoms with van der Waals surface area (Å²) in [5.41, 5.74) is -0.203. The first-order valence-electron chi connectivity index (χ1n) is 8.17. The van der Waals surface area contributed by atoms with Gasteiger partial charge in [0.25, 0.3) is 0 Å². The minimum Gasteiger partial charge on any atom is -0.367 e. The predicted octanol–water partition coefficient (Wildman–Crippen LogP) is 3.20. The molecule has 120 valence electrons. The standard InChI is InChI=1S/C16H29N3O2/c1-5-20-16(10-7-6-8-11-16)14-18-13(21-19-14)9-12-17-15(2,3)4/h17H,5-12H2,1-4H3. The van der Waals surface area contributed by atoms with E-state index in [1.807, 2.05) is 6.92 Å². The van der Waals surface area contributed by atoms with Gasteiger partial charge in [-0.2, -0.15) is 4.98 Å². The number of aromatic nitrogens is 2. The Bertz CT molecular complexity index is 425. The summed E-state index contributed by atoms with van der Waals surface area (Å²) in [4.78, 5) is 4.60. The molecule has 0 aliphatic heterocycles. The second-order valence-corrected chi connectivity index (χ2v) is 6.93. The lowest BCUT2D eigenvalue weighted by molar-refractivity contribution is -0.0777. The topological polar surface area (TPSA) is 60.2 Å². The third kappa shape index (κ3) is 4.51. The van der Waals surface area contributed by atoms with Crippen molar-refractivity contribution in [2.45, 2.75) is 77.4 Å². The van der Waals surface area contributed by atoms with Crippen molar-refractivity contribution in [3.8, 4) is 0 Å². The first-order chi connectivity index (χ1) is 9.95. The van der Waals surface area contributed by atoms with Gasteiger partial charge in [-0.05, 0) is 40.5 Å². The van der Waals surface area contributed by atoms with Crippen LogP contribution in [0.4, 0.5) is 0 Å². The molecule has 0 atom stereocenters. The third-order valence-electron chi connectivity index (χ3n) is 3.95. The Kier molecular flexibility index (Phi) is 5.38. The molecule has 0 amide bonds.